The van der Waals surface area contributed by atoms with Gasteiger partial charge >= 0.3 is 6.01 Å². The number of rotatable bonds is 6. The highest BCUT2D eigenvalue weighted by molar-refractivity contribution is 6.34. The molecule has 0 bridgehead atoms. The Morgan fingerprint density at radius 2 is 1.49 bits per heavy atom. The Bertz CT molecular complexity index is 1540. The number of hydrogen-bond acceptors (Lipinski definition) is 5. The Morgan fingerprint density at radius 1 is 0.805 bits per heavy atom. The fourth-order valence-electron chi connectivity index (χ4n) is 7.23. The standard InChI is InChI=1S/C34H36ClFN4O/c35-28-22-27-31(30(36)29(28)26-15-7-6-14-25(26)24-12-4-3-5-13-24)37-33(38-32(27)39-18-8-1-2-9-19-39)41-23-34-16-10-20-40(34)21-11-17-34/h3-7,12-15,22H,1-2,8-11,16-21,23H2. The maximum atomic E-state index is 16.8. The van der Waals surface area contributed by atoms with Gasteiger partial charge in [0.2, 0.25) is 0 Å². The summed E-state index contributed by atoms with van der Waals surface area (Å²) in [5.74, 6) is 0.295. The second kappa shape index (κ2) is 11.2. The van der Waals surface area contributed by atoms with Gasteiger partial charge in [-0.2, -0.15) is 9.97 Å². The van der Waals surface area contributed by atoms with Crippen molar-refractivity contribution < 1.29 is 9.13 Å². The van der Waals surface area contributed by atoms with Gasteiger partial charge in [0.05, 0.1) is 10.6 Å². The van der Waals surface area contributed by atoms with Gasteiger partial charge in [0.15, 0.2) is 5.82 Å². The van der Waals surface area contributed by atoms with Crippen molar-refractivity contribution in [3.8, 4) is 28.3 Å². The number of aromatic nitrogens is 2. The lowest BCUT2D eigenvalue weighted by Crippen LogP contribution is -2.43. The molecule has 0 atom stereocenters. The number of hydrogen-bond donors (Lipinski definition) is 0. The molecule has 0 radical (unpaired) electrons. The van der Waals surface area contributed by atoms with E-state index in [1.807, 2.05) is 60.7 Å². The fraction of sp³-hybridized carbons (Fsp3) is 0.412. The first-order valence-electron chi connectivity index (χ1n) is 15.1. The Labute approximate surface area is 246 Å². The number of halogens is 2. The van der Waals surface area contributed by atoms with E-state index in [9.17, 15) is 0 Å². The van der Waals surface area contributed by atoms with Crippen LogP contribution in [0, 0.1) is 5.82 Å². The SMILES string of the molecule is Fc1c(-c2ccccc2-c2ccccc2)c(Cl)cc2c(N3CCCCCC3)nc(OCC34CCCN3CCC4)nc12. The number of fused-ring (bicyclic) bond motifs is 2. The molecule has 7 rings (SSSR count). The fourth-order valence-corrected chi connectivity index (χ4v) is 7.52. The number of ether oxygens (including phenoxy) is 1. The van der Waals surface area contributed by atoms with Crippen molar-refractivity contribution >= 4 is 28.3 Å². The first kappa shape index (κ1) is 26.7. The molecule has 5 nitrogen and oxygen atoms in total. The normalized spacial score (nSPS) is 18.9. The molecule has 3 aliphatic rings. The quantitative estimate of drug-likeness (QED) is 0.234. The molecular formula is C34H36ClFN4O. The summed E-state index contributed by atoms with van der Waals surface area (Å²) in [6.07, 6.45) is 9.19. The van der Waals surface area contributed by atoms with Crippen LogP contribution in [0.3, 0.4) is 0 Å². The van der Waals surface area contributed by atoms with Gasteiger partial charge in [0, 0.05) is 24.0 Å². The summed E-state index contributed by atoms with van der Waals surface area (Å²) < 4.78 is 23.2. The maximum absolute atomic E-state index is 16.8. The lowest BCUT2D eigenvalue weighted by atomic mass is 9.93. The molecule has 7 heteroatoms. The zero-order chi connectivity index (χ0) is 27.8. The maximum Gasteiger partial charge on any atom is 0.319 e. The summed E-state index contributed by atoms with van der Waals surface area (Å²) in [5.41, 5.74) is 3.36. The van der Waals surface area contributed by atoms with E-state index in [-0.39, 0.29) is 17.1 Å². The molecule has 3 aromatic carbocycles. The second-order valence-corrected chi connectivity index (χ2v) is 12.2. The molecule has 3 fully saturated rings. The van der Waals surface area contributed by atoms with Crippen molar-refractivity contribution in [2.24, 2.45) is 0 Å². The summed E-state index contributed by atoms with van der Waals surface area (Å²) >= 11 is 6.94. The molecule has 0 aliphatic carbocycles. The van der Waals surface area contributed by atoms with Crippen molar-refractivity contribution in [1.29, 1.82) is 0 Å². The third-order valence-electron chi connectivity index (χ3n) is 9.31. The minimum absolute atomic E-state index is 0.0550. The average molecular weight is 571 g/mol. The van der Waals surface area contributed by atoms with Crippen LogP contribution in [0.2, 0.25) is 5.02 Å². The molecule has 0 N–H and O–H groups in total. The highest BCUT2D eigenvalue weighted by Crippen LogP contribution is 2.43. The minimum atomic E-state index is -0.430. The molecule has 0 unspecified atom stereocenters. The van der Waals surface area contributed by atoms with E-state index in [2.05, 4.69) is 9.80 Å². The Morgan fingerprint density at radius 3 is 2.22 bits per heavy atom. The highest BCUT2D eigenvalue weighted by Gasteiger charge is 2.45. The number of nitrogens with zero attached hydrogens (tertiary/aromatic N) is 4. The van der Waals surface area contributed by atoms with Crippen LogP contribution in [0.15, 0.2) is 60.7 Å². The molecule has 3 saturated heterocycles. The lowest BCUT2D eigenvalue weighted by Gasteiger charge is -2.31. The predicted octanol–water partition coefficient (Wildman–Crippen LogP) is 8.14. The summed E-state index contributed by atoms with van der Waals surface area (Å²) in [6, 6.07) is 20.0. The van der Waals surface area contributed by atoms with Crippen LogP contribution < -0.4 is 9.64 Å². The van der Waals surface area contributed by atoms with Crippen LogP contribution in [0.25, 0.3) is 33.2 Å². The molecule has 0 amide bonds. The van der Waals surface area contributed by atoms with Crippen molar-refractivity contribution in [2.75, 3.05) is 37.7 Å². The van der Waals surface area contributed by atoms with E-state index < -0.39 is 5.82 Å². The lowest BCUT2D eigenvalue weighted by molar-refractivity contribution is 0.108. The molecule has 4 aromatic rings. The van der Waals surface area contributed by atoms with Crippen molar-refractivity contribution in [3.63, 3.8) is 0 Å². The summed E-state index contributed by atoms with van der Waals surface area (Å²) in [7, 11) is 0. The first-order valence-corrected chi connectivity index (χ1v) is 15.5. The molecule has 1 aromatic heterocycles. The van der Waals surface area contributed by atoms with Crippen LogP contribution >= 0.6 is 11.6 Å². The zero-order valence-corrected chi connectivity index (χ0v) is 24.2. The predicted molar refractivity (Wildman–Crippen MR) is 164 cm³/mol. The number of benzene rings is 3. The van der Waals surface area contributed by atoms with Crippen LogP contribution in [-0.4, -0.2) is 53.2 Å². The minimum Gasteiger partial charge on any atom is -0.461 e. The smallest absolute Gasteiger partial charge is 0.319 e. The Kier molecular flexibility index (Phi) is 7.30. The molecule has 0 saturated carbocycles. The van der Waals surface area contributed by atoms with E-state index in [1.165, 1.54) is 25.7 Å². The molecule has 41 heavy (non-hydrogen) atoms. The van der Waals surface area contributed by atoms with E-state index in [0.717, 1.165) is 74.4 Å². The van der Waals surface area contributed by atoms with Gasteiger partial charge in [-0.05, 0) is 74.4 Å². The first-order chi connectivity index (χ1) is 20.1. The number of anilines is 1. The van der Waals surface area contributed by atoms with Gasteiger partial charge in [-0.25, -0.2) is 4.39 Å². The van der Waals surface area contributed by atoms with Gasteiger partial charge in [0.25, 0.3) is 0 Å². The zero-order valence-electron chi connectivity index (χ0n) is 23.4. The van der Waals surface area contributed by atoms with Crippen LogP contribution in [0.5, 0.6) is 6.01 Å². The van der Waals surface area contributed by atoms with E-state index in [1.54, 1.807) is 0 Å². The molecule has 4 heterocycles. The Balaban J connectivity index is 1.36. The van der Waals surface area contributed by atoms with E-state index in [4.69, 9.17) is 26.3 Å². The summed E-state index contributed by atoms with van der Waals surface area (Å²) in [4.78, 5) is 14.5. The molecular weight excluding hydrogens is 535 g/mol. The molecule has 212 valence electrons. The van der Waals surface area contributed by atoms with E-state index in [0.29, 0.717) is 22.6 Å². The summed E-state index contributed by atoms with van der Waals surface area (Å²) in [6.45, 7) is 4.54. The van der Waals surface area contributed by atoms with Crippen LogP contribution in [0.4, 0.5) is 10.2 Å². The van der Waals surface area contributed by atoms with Gasteiger partial charge in [-0.1, -0.05) is 79.0 Å². The third-order valence-corrected chi connectivity index (χ3v) is 9.61. The van der Waals surface area contributed by atoms with Gasteiger partial charge in [-0.15, -0.1) is 0 Å². The largest absolute Gasteiger partial charge is 0.461 e. The molecule has 3 aliphatic heterocycles. The van der Waals surface area contributed by atoms with Gasteiger partial charge in [-0.3, -0.25) is 4.90 Å². The highest BCUT2D eigenvalue weighted by atomic mass is 35.5. The van der Waals surface area contributed by atoms with Crippen molar-refractivity contribution in [1.82, 2.24) is 14.9 Å². The second-order valence-electron chi connectivity index (χ2n) is 11.8. The average Bonchev–Trinajstić information content (AvgIpc) is 3.46. The summed E-state index contributed by atoms with van der Waals surface area (Å²) in [5, 5.41) is 1.00. The van der Waals surface area contributed by atoms with Crippen LogP contribution in [-0.2, 0) is 0 Å². The van der Waals surface area contributed by atoms with Crippen LogP contribution in [0.1, 0.15) is 51.4 Å². The Hall–Kier alpha value is -3.22. The third kappa shape index (κ3) is 4.95. The van der Waals surface area contributed by atoms with E-state index >= 15 is 4.39 Å². The van der Waals surface area contributed by atoms with Crippen molar-refractivity contribution in [2.45, 2.75) is 56.9 Å². The molecule has 0 spiro atoms. The topological polar surface area (TPSA) is 41.5 Å². The van der Waals surface area contributed by atoms with Gasteiger partial charge < -0.3 is 9.64 Å². The van der Waals surface area contributed by atoms with Crippen molar-refractivity contribution in [3.05, 3.63) is 71.5 Å². The van der Waals surface area contributed by atoms with Gasteiger partial charge in [0.1, 0.15) is 17.9 Å². The monoisotopic (exact) mass is 570 g/mol.